The van der Waals surface area contributed by atoms with Gasteiger partial charge >= 0.3 is 0 Å². The predicted octanol–water partition coefficient (Wildman–Crippen LogP) is 3.08. The topological polar surface area (TPSA) is 41.3 Å². The van der Waals surface area contributed by atoms with Gasteiger partial charge in [0, 0.05) is 29.7 Å². The Balaban J connectivity index is 1.42. The molecule has 1 aliphatic heterocycles. The summed E-state index contributed by atoms with van der Waals surface area (Å²) >= 11 is 1.74. The minimum atomic E-state index is 0.624. The summed E-state index contributed by atoms with van der Waals surface area (Å²) < 4.78 is 0. The van der Waals surface area contributed by atoms with Crippen LogP contribution in [0.4, 0.5) is 5.69 Å². The van der Waals surface area contributed by atoms with Crippen LogP contribution in [0.1, 0.15) is 23.3 Å². The van der Waals surface area contributed by atoms with E-state index in [9.17, 15) is 0 Å². The van der Waals surface area contributed by atoms with Crippen molar-refractivity contribution in [3.63, 3.8) is 0 Å². The molecule has 0 radical (unpaired) electrons. The Labute approximate surface area is 130 Å². The summed E-state index contributed by atoms with van der Waals surface area (Å²) in [5, 5.41) is 5.72. The molecule has 3 N–H and O–H groups in total. The molecule has 0 bridgehead atoms. The van der Waals surface area contributed by atoms with Crippen molar-refractivity contribution in [3.05, 3.63) is 52.2 Å². The van der Waals surface area contributed by atoms with Gasteiger partial charge in [-0.1, -0.05) is 30.3 Å². The van der Waals surface area contributed by atoms with Gasteiger partial charge in [0.1, 0.15) is 0 Å². The van der Waals surface area contributed by atoms with Gasteiger partial charge in [-0.15, -0.1) is 11.3 Å². The summed E-state index contributed by atoms with van der Waals surface area (Å²) in [5.41, 5.74) is 8.26. The number of rotatable bonds is 5. The fourth-order valence-electron chi connectivity index (χ4n) is 2.87. The molecule has 4 heteroatoms. The third-order valence-corrected chi connectivity index (χ3v) is 5.10. The Bertz CT molecular complexity index is 544. The van der Waals surface area contributed by atoms with Gasteiger partial charge in [-0.05, 0) is 42.9 Å². The molecule has 3 nitrogen and oxygen atoms in total. The number of hydrogen-bond donors (Lipinski definition) is 2. The summed E-state index contributed by atoms with van der Waals surface area (Å²) in [4.78, 5) is 3.81. The van der Waals surface area contributed by atoms with Gasteiger partial charge in [0.25, 0.3) is 0 Å². The number of nitrogens with one attached hydrogen (secondary N) is 1. The van der Waals surface area contributed by atoms with Crippen LogP contribution in [-0.4, -0.2) is 24.0 Å². The number of piperidine rings is 1. The van der Waals surface area contributed by atoms with Gasteiger partial charge < -0.3 is 11.1 Å². The molecule has 0 aliphatic carbocycles. The van der Waals surface area contributed by atoms with Gasteiger partial charge in [-0.2, -0.15) is 0 Å². The van der Waals surface area contributed by atoms with E-state index in [4.69, 9.17) is 5.73 Å². The molecular formula is C17H23N3S. The van der Waals surface area contributed by atoms with E-state index >= 15 is 0 Å². The van der Waals surface area contributed by atoms with Crippen molar-refractivity contribution < 1.29 is 0 Å². The lowest BCUT2D eigenvalue weighted by Crippen LogP contribution is -2.41. The van der Waals surface area contributed by atoms with Crippen molar-refractivity contribution in [3.8, 4) is 0 Å². The number of thiophene rings is 1. The SMILES string of the molecule is Nc1ccsc1CNC1CCN(Cc2ccccc2)CC1. The molecule has 112 valence electrons. The molecule has 0 saturated carbocycles. The van der Waals surface area contributed by atoms with Gasteiger partial charge in [-0.25, -0.2) is 0 Å². The summed E-state index contributed by atoms with van der Waals surface area (Å²) in [6.45, 7) is 4.33. The molecule has 3 rings (SSSR count). The average Bonchev–Trinajstić information content (AvgIpc) is 2.93. The Morgan fingerprint density at radius 1 is 1.14 bits per heavy atom. The minimum absolute atomic E-state index is 0.624. The predicted molar refractivity (Wildman–Crippen MR) is 90.3 cm³/mol. The van der Waals surface area contributed by atoms with E-state index in [2.05, 4.69) is 45.9 Å². The van der Waals surface area contributed by atoms with Crippen LogP contribution in [-0.2, 0) is 13.1 Å². The van der Waals surface area contributed by atoms with Crippen LogP contribution in [0.3, 0.4) is 0 Å². The first kappa shape index (κ1) is 14.6. The monoisotopic (exact) mass is 301 g/mol. The number of hydrogen-bond acceptors (Lipinski definition) is 4. The highest BCUT2D eigenvalue weighted by Crippen LogP contribution is 2.20. The van der Waals surface area contributed by atoms with Crippen LogP contribution >= 0.6 is 11.3 Å². The molecule has 0 atom stereocenters. The fourth-order valence-corrected chi connectivity index (χ4v) is 3.62. The highest BCUT2D eigenvalue weighted by molar-refractivity contribution is 7.10. The van der Waals surface area contributed by atoms with E-state index in [0.717, 1.165) is 18.8 Å². The fraction of sp³-hybridized carbons (Fsp3) is 0.412. The number of nitrogen functional groups attached to an aromatic ring is 1. The van der Waals surface area contributed by atoms with Gasteiger partial charge in [0.15, 0.2) is 0 Å². The zero-order valence-corrected chi connectivity index (χ0v) is 13.1. The molecule has 1 aromatic heterocycles. The van der Waals surface area contributed by atoms with Gasteiger partial charge in [0.2, 0.25) is 0 Å². The first-order chi connectivity index (χ1) is 10.3. The molecule has 1 saturated heterocycles. The van der Waals surface area contributed by atoms with Gasteiger partial charge in [0.05, 0.1) is 0 Å². The Morgan fingerprint density at radius 2 is 1.90 bits per heavy atom. The quantitative estimate of drug-likeness (QED) is 0.892. The first-order valence-electron chi connectivity index (χ1n) is 7.63. The molecule has 2 aromatic rings. The average molecular weight is 301 g/mol. The zero-order valence-electron chi connectivity index (χ0n) is 12.3. The molecule has 0 unspecified atom stereocenters. The van der Waals surface area contributed by atoms with E-state index in [1.807, 2.05) is 6.07 Å². The van der Waals surface area contributed by atoms with Crippen molar-refractivity contribution in [2.75, 3.05) is 18.8 Å². The smallest absolute Gasteiger partial charge is 0.0468 e. The van der Waals surface area contributed by atoms with Crippen LogP contribution in [0.2, 0.25) is 0 Å². The summed E-state index contributed by atoms with van der Waals surface area (Å²) in [6.07, 6.45) is 2.44. The Kier molecular flexibility index (Phi) is 4.91. The third-order valence-electron chi connectivity index (χ3n) is 4.17. The maximum absolute atomic E-state index is 5.93. The van der Waals surface area contributed by atoms with Crippen LogP contribution in [0, 0.1) is 0 Å². The van der Waals surface area contributed by atoms with Crippen LogP contribution < -0.4 is 11.1 Å². The van der Waals surface area contributed by atoms with Gasteiger partial charge in [-0.3, -0.25) is 4.90 Å². The van der Waals surface area contributed by atoms with E-state index in [0.29, 0.717) is 6.04 Å². The number of anilines is 1. The minimum Gasteiger partial charge on any atom is -0.398 e. The molecule has 2 heterocycles. The summed E-state index contributed by atoms with van der Waals surface area (Å²) in [7, 11) is 0. The maximum atomic E-state index is 5.93. The summed E-state index contributed by atoms with van der Waals surface area (Å²) in [6, 6.07) is 13.4. The highest BCUT2D eigenvalue weighted by atomic mass is 32.1. The number of benzene rings is 1. The molecule has 0 amide bonds. The number of nitrogens with two attached hydrogens (primary N) is 1. The van der Waals surface area contributed by atoms with Crippen molar-refractivity contribution in [1.82, 2.24) is 10.2 Å². The second-order valence-electron chi connectivity index (χ2n) is 5.72. The maximum Gasteiger partial charge on any atom is 0.0468 e. The normalized spacial score (nSPS) is 17.1. The Hall–Kier alpha value is -1.36. The van der Waals surface area contributed by atoms with Crippen LogP contribution in [0.15, 0.2) is 41.8 Å². The molecule has 1 aliphatic rings. The second-order valence-corrected chi connectivity index (χ2v) is 6.72. The van der Waals surface area contributed by atoms with Crippen molar-refractivity contribution in [2.24, 2.45) is 0 Å². The molecule has 1 fully saturated rings. The standard InChI is InChI=1S/C17H23N3S/c18-16-8-11-21-17(16)12-19-15-6-9-20(10-7-15)13-14-4-2-1-3-5-14/h1-5,8,11,15,19H,6-7,9-10,12-13,18H2. The van der Waals surface area contributed by atoms with Crippen molar-refractivity contribution >= 4 is 17.0 Å². The number of likely N-dealkylation sites (tertiary alicyclic amines) is 1. The molecule has 1 aromatic carbocycles. The second kappa shape index (κ2) is 7.07. The van der Waals surface area contributed by atoms with Crippen molar-refractivity contribution in [1.29, 1.82) is 0 Å². The Morgan fingerprint density at radius 3 is 2.57 bits per heavy atom. The van der Waals surface area contributed by atoms with Crippen molar-refractivity contribution in [2.45, 2.75) is 32.0 Å². The summed E-state index contributed by atoms with van der Waals surface area (Å²) in [5.74, 6) is 0. The van der Waals surface area contributed by atoms with E-state index in [1.165, 1.54) is 36.4 Å². The largest absolute Gasteiger partial charge is 0.398 e. The van der Waals surface area contributed by atoms with E-state index in [1.54, 1.807) is 11.3 Å². The molecule has 0 spiro atoms. The lowest BCUT2D eigenvalue weighted by molar-refractivity contribution is 0.190. The number of nitrogens with zero attached hydrogens (tertiary/aromatic N) is 1. The van der Waals surface area contributed by atoms with Crippen LogP contribution in [0.5, 0.6) is 0 Å². The van der Waals surface area contributed by atoms with E-state index < -0.39 is 0 Å². The molecule has 21 heavy (non-hydrogen) atoms. The highest BCUT2D eigenvalue weighted by Gasteiger charge is 2.19. The van der Waals surface area contributed by atoms with E-state index in [-0.39, 0.29) is 0 Å². The lowest BCUT2D eigenvalue weighted by atomic mass is 10.0. The molecular weight excluding hydrogens is 278 g/mol. The lowest BCUT2D eigenvalue weighted by Gasteiger charge is -2.32. The first-order valence-corrected chi connectivity index (χ1v) is 8.51. The third kappa shape index (κ3) is 4.06. The zero-order chi connectivity index (χ0) is 14.5. The van der Waals surface area contributed by atoms with Crippen LogP contribution in [0.25, 0.3) is 0 Å².